The molecule has 0 bridgehead atoms. The third-order valence-electron chi connectivity index (χ3n) is 9.04. The van der Waals surface area contributed by atoms with Gasteiger partial charge in [0.25, 0.3) is 0 Å². The molecule has 7 rings (SSSR count). The van der Waals surface area contributed by atoms with Gasteiger partial charge in [-0.2, -0.15) is 0 Å². The van der Waals surface area contributed by atoms with E-state index in [2.05, 4.69) is 108 Å². The van der Waals surface area contributed by atoms with Gasteiger partial charge in [-0.25, -0.2) is 0 Å². The van der Waals surface area contributed by atoms with Crippen molar-refractivity contribution in [1.82, 2.24) is 19.7 Å². The number of ether oxygens (including phenoxy) is 1. The first kappa shape index (κ1) is 26.9. The molecule has 212 valence electrons. The van der Waals surface area contributed by atoms with Gasteiger partial charge in [-0.1, -0.05) is 52.3 Å². The maximum atomic E-state index is 6.47. The van der Waals surface area contributed by atoms with Crippen molar-refractivity contribution in [2.45, 2.75) is 38.5 Å². The quantitative estimate of drug-likeness (QED) is 0.261. The van der Waals surface area contributed by atoms with Crippen LogP contribution in [0.5, 0.6) is 5.75 Å². The number of benzene rings is 3. The largest absolute Gasteiger partial charge is 0.475 e. The summed E-state index contributed by atoms with van der Waals surface area (Å²) in [6, 6.07) is 26.8. The molecule has 3 aromatic carbocycles. The van der Waals surface area contributed by atoms with Crippen LogP contribution in [0.4, 0.5) is 5.69 Å². The second-order valence-electron chi connectivity index (χ2n) is 11.7. The molecule has 2 saturated heterocycles. The fraction of sp³-hybridized carbons (Fsp3) is 0.382. The average Bonchev–Trinajstić information content (AvgIpc) is 3.03. The second-order valence-corrected chi connectivity index (χ2v) is 12.6. The number of aromatic nitrogens is 1. The second kappa shape index (κ2) is 12.1. The number of anilines is 1. The lowest BCUT2D eigenvalue weighted by Gasteiger charge is -2.40. The Bertz CT molecular complexity index is 1460. The van der Waals surface area contributed by atoms with Gasteiger partial charge < -0.3 is 9.64 Å². The van der Waals surface area contributed by atoms with Crippen LogP contribution >= 0.6 is 15.9 Å². The molecule has 6 nitrogen and oxygen atoms in total. The van der Waals surface area contributed by atoms with Gasteiger partial charge in [0.1, 0.15) is 12.2 Å². The summed E-state index contributed by atoms with van der Waals surface area (Å²) in [5, 5.41) is 1.23. The Balaban J connectivity index is 1.02. The highest BCUT2D eigenvalue weighted by Crippen LogP contribution is 2.37. The van der Waals surface area contributed by atoms with E-state index in [-0.39, 0.29) is 0 Å². The number of hydrogen-bond donors (Lipinski definition) is 0. The highest BCUT2D eigenvalue weighted by molar-refractivity contribution is 9.10. The third kappa shape index (κ3) is 6.00. The minimum absolute atomic E-state index is 0.560. The van der Waals surface area contributed by atoms with Crippen molar-refractivity contribution in [2.24, 2.45) is 0 Å². The Labute approximate surface area is 251 Å². The van der Waals surface area contributed by atoms with E-state index in [1.54, 1.807) is 0 Å². The number of nitrogens with zero attached hydrogens (tertiary/aromatic N) is 5. The molecule has 4 heterocycles. The number of likely N-dealkylation sites (tertiary alicyclic amines) is 1. The standard InChI is InChI=1S/C34H38BrN5O/c35-29-8-10-30(11-9-29)39-19-17-38(18-20-39)23-27-21-28-24-40(25-41-34(28)33-32(27)7-4-14-36-33)31-12-15-37(16-13-31)22-26-5-2-1-3-6-26/h1-11,14,21,31H,12-13,15-20,22-25H2. The predicted octanol–water partition coefficient (Wildman–Crippen LogP) is 6.14. The summed E-state index contributed by atoms with van der Waals surface area (Å²) in [5.74, 6) is 0.988. The number of piperidine rings is 1. The number of hydrogen-bond acceptors (Lipinski definition) is 6. The van der Waals surface area contributed by atoms with Crippen LogP contribution in [0.3, 0.4) is 0 Å². The van der Waals surface area contributed by atoms with Gasteiger partial charge in [0.2, 0.25) is 0 Å². The van der Waals surface area contributed by atoms with Gasteiger partial charge in [-0.05, 0) is 73.5 Å². The lowest BCUT2D eigenvalue weighted by Crippen LogP contribution is -2.47. The van der Waals surface area contributed by atoms with Crippen LogP contribution in [0, 0.1) is 0 Å². The van der Waals surface area contributed by atoms with E-state index in [1.807, 2.05) is 6.20 Å². The smallest absolute Gasteiger partial charge is 0.152 e. The molecular weight excluding hydrogens is 574 g/mol. The Morgan fingerprint density at radius 2 is 1.56 bits per heavy atom. The minimum atomic E-state index is 0.560. The van der Waals surface area contributed by atoms with Crippen LogP contribution < -0.4 is 9.64 Å². The summed E-state index contributed by atoms with van der Waals surface area (Å²) in [6.07, 6.45) is 4.28. The normalized spacial score (nSPS) is 19.3. The van der Waals surface area contributed by atoms with Gasteiger partial charge in [0, 0.05) is 79.2 Å². The zero-order valence-corrected chi connectivity index (χ0v) is 25.2. The number of rotatable bonds is 6. The molecular formula is C34H38BrN5O. The average molecular weight is 613 g/mol. The van der Waals surface area contributed by atoms with Crippen molar-refractivity contribution in [1.29, 1.82) is 0 Å². The molecule has 0 atom stereocenters. The van der Waals surface area contributed by atoms with Crippen LogP contribution in [-0.2, 0) is 19.6 Å². The van der Waals surface area contributed by atoms with Crippen molar-refractivity contribution in [3.63, 3.8) is 0 Å². The van der Waals surface area contributed by atoms with E-state index in [0.717, 1.165) is 74.6 Å². The van der Waals surface area contributed by atoms with Crippen molar-refractivity contribution >= 4 is 32.5 Å². The molecule has 0 aliphatic carbocycles. The first-order valence-corrected chi connectivity index (χ1v) is 15.7. The first-order chi connectivity index (χ1) is 20.2. The molecule has 0 amide bonds. The fourth-order valence-electron chi connectivity index (χ4n) is 6.75. The van der Waals surface area contributed by atoms with E-state index in [1.165, 1.54) is 40.6 Å². The maximum absolute atomic E-state index is 6.47. The van der Waals surface area contributed by atoms with Crippen LogP contribution in [0.2, 0.25) is 0 Å². The maximum Gasteiger partial charge on any atom is 0.152 e. The fourth-order valence-corrected chi connectivity index (χ4v) is 7.01. The monoisotopic (exact) mass is 611 g/mol. The molecule has 3 aliphatic heterocycles. The summed E-state index contributed by atoms with van der Waals surface area (Å²) < 4.78 is 7.60. The van der Waals surface area contributed by atoms with Gasteiger partial charge in [0.05, 0.1) is 0 Å². The minimum Gasteiger partial charge on any atom is -0.475 e. The van der Waals surface area contributed by atoms with Gasteiger partial charge in [-0.15, -0.1) is 0 Å². The lowest BCUT2D eigenvalue weighted by atomic mass is 9.98. The predicted molar refractivity (Wildman–Crippen MR) is 169 cm³/mol. The Morgan fingerprint density at radius 1 is 0.805 bits per heavy atom. The summed E-state index contributed by atoms with van der Waals surface area (Å²) >= 11 is 3.56. The molecule has 0 saturated carbocycles. The summed E-state index contributed by atoms with van der Waals surface area (Å²) in [5.41, 5.74) is 6.39. The van der Waals surface area contributed by atoms with Crippen molar-refractivity contribution in [3.05, 3.63) is 100 Å². The van der Waals surface area contributed by atoms with E-state index >= 15 is 0 Å². The highest BCUT2D eigenvalue weighted by atomic mass is 79.9. The van der Waals surface area contributed by atoms with E-state index in [9.17, 15) is 0 Å². The van der Waals surface area contributed by atoms with Crippen molar-refractivity contribution < 1.29 is 4.74 Å². The molecule has 41 heavy (non-hydrogen) atoms. The summed E-state index contributed by atoms with van der Waals surface area (Å²) in [6.45, 7) is 10.1. The van der Waals surface area contributed by atoms with Crippen LogP contribution in [0.15, 0.2) is 83.5 Å². The Hall–Kier alpha value is -2.97. The zero-order chi connectivity index (χ0) is 27.6. The zero-order valence-electron chi connectivity index (χ0n) is 23.6. The molecule has 7 heteroatoms. The number of pyridine rings is 1. The first-order valence-electron chi connectivity index (χ1n) is 14.9. The van der Waals surface area contributed by atoms with Crippen molar-refractivity contribution in [2.75, 3.05) is 50.9 Å². The van der Waals surface area contributed by atoms with E-state index in [0.29, 0.717) is 12.8 Å². The number of piperazine rings is 1. The van der Waals surface area contributed by atoms with Gasteiger partial charge in [-0.3, -0.25) is 19.7 Å². The molecule has 0 N–H and O–H groups in total. The highest BCUT2D eigenvalue weighted by Gasteiger charge is 2.30. The lowest BCUT2D eigenvalue weighted by molar-refractivity contribution is 0.0249. The molecule has 0 unspecified atom stereocenters. The van der Waals surface area contributed by atoms with Gasteiger partial charge in [0.15, 0.2) is 5.75 Å². The number of fused-ring (bicyclic) bond motifs is 3. The molecule has 3 aliphatic rings. The molecule has 4 aromatic rings. The SMILES string of the molecule is Brc1ccc(N2CCN(Cc3cc4c(c5ncccc35)OCN(C3CCN(Cc5ccccc5)CC3)C4)CC2)cc1. The topological polar surface area (TPSA) is 35.1 Å². The molecule has 0 radical (unpaired) electrons. The van der Waals surface area contributed by atoms with Crippen molar-refractivity contribution in [3.8, 4) is 5.75 Å². The van der Waals surface area contributed by atoms with Crippen LogP contribution in [0.1, 0.15) is 29.5 Å². The van der Waals surface area contributed by atoms with Gasteiger partial charge >= 0.3 is 0 Å². The van der Waals surface area contributed by atoms with E-state index in [4.69, 9.17) is 9.72 Å². The molecule has 2 fully saturated rings. The number of halogens is 1. The third-order valence-corrected chi connectivity index (χ3v) is 9.57. The van der Waals surface area contributed by atoms with Crippen LogP contribution in [-0.4, -0.2) is 71.7 Å². The summed E-state index contributed by atoms with van der Waals surface area (Å²) in [4.78, 5) is 15.0. The Kier molecular flexibility index (Phi) is 7.94. The molecule has 1 aromatic heterocycles. The summed E-state index contributed by atoms with van der Waals surface area (Å²) in [7, 11) is 0. The Morgan fingerprint density at radius 3 is 2.34 bits per heavy atom. The molecule has 0 spiro atoms. The van der Waals surface area contributed by atoms with E-state index < -0.39 is 0 Å². The van der Waals surface area contributed by atoms with Crippen LogP contribution in [0.25, 0.3) is 10.9 Å².